The Kier molecular flexibility index (Phi) is 3.25. The SMILES string of the molecule is CCOCCc1nc(=S)[nH][nH]1. The van der Waals surface area contributed by atoms with Crippen LogP contribution >= 0.6 is 12.2 Å². The topological polar surface area (TPSA) is 53.7 Å². The van der Waals surface area contributed by atoms with Crippen LogP contribution in [0.1, 0.15) is 12.7 Å². The second-order valence-corrected chi connectivity index (χ2v) is 2.45. The highest BCUT2D eigenvalue weighted by atomic mass is 32.1. The maximum absolute atomic E-state index is 5.14. The van der Waals surface area contributed by atoms with Crippen LogP contribution in [0.4, 0.5) is 0 Å². The van der Waals surface area contributed by atoms with Gasteiger partial charge in [0.15, 0.2) is 0 Å². The number of aromatic nitrogens is 3. The minimum atomic E-state index is 0.497. The van der Waals surface area contributed by atoms with Crippen LogP contribution in [0.3, 0.4) is 0 Å². The van der Waals surface area contributed by atoms with Gasteiger partial charge in [0, 0.05) is 13.0 Å². The molecule has 11 heavy (non-hydrogen) atoms. The Labute approximate surface area is 70.0 Å². The van der Waals surface area contributed by atoms with Crippen LogP contribution < -0.4 is 0 Å². The van der Waals surface area contributed by atoms with Gasteiger partial charge in [0.05, 0.1) is 6.61 Å². The number of nitrogens with zero attached hydrogens (tertiary/aromatic N) is 1. The molecule has 0 saturated carbocycles. The van der Waals surface area contributed by atoms with E-state index < -0.39 is 0 Å². The molecule has 1 rings (SSSR count). The van der Waals surface area contributed by atoms with Crippen LogP contribution in [0.5, 0.6) is 0 Å². The third-order valence-corrected chi connectivity index (χ3v) is 1.43. The van der Waals surface area contributed by atoms with Crippen molar-refractivity contribution in [3.8, 4) is 0 Å². The van der Waals surface area contributed by atoms with E-state index in [0.717, 1.165) is 18.9 Å². The third-order valence-electron chi connectivity index (χ3n) is 1.24. The largest absolute Gasteiger partial charge is 0.381 e. The summed E-state index contributed by atoms with van der Waals surface area (Å²) < 4.78 is 5.64. The van der Waals surface area contributed by atoms with Crippen molar-refractivity contribution in [3.05, 3.63) is 10.6 Å². The van der Waals surface area contributed by atoms with E-state index in [4.69, 9.17) is 17.0 Å². The first-order valence-electron chi connectivity index (χ1n) is 3.54. The minimum Gasteiger partial charge on any atom is -0.381 e. The molecule has 0 saturated heterocycles. The number of H-pyrrole nitrogens is 2. The minimum absolute atomic E-state index is 0.497. The maximum atomic E-state index is 5.14. The summed E-state index contributed by atoms with van der Waals surface area (Å²) in [6.07, 6.45) is 0.779. The molecule has 1 heterocycles. The fraction of sp³-hybridized carbons (Fsp3) is 0.667. The Morgan fingerprint density at radius 3 is 2.91 bits per heavy atom. The van der Waals surface area contributed by atoms with Gasteiger partial charge in [0.1, 0.15) is 5.82 Å². The molecule has 0 unspecified atom stereocenters. The monoisotopic (exact) mass is 173 g/mol. The number of aromatic amines is 2. The van der Waals surface area contributed by atoms with Gasteiger partial charge in [-0.3, -0.25) is 10.2 Å². The van der Waals surface area contributed by atoms with Gasteiger partial charge in [-0.25, -0.2) is 4.98 Å². The lowest BCUT2D eigenvalue weighted by Gasteiger charge is -1.95. The highest BCUT2D eigenvalue weighted by molar-refractivity contribution is 7.71. The second kappa shape index (κ2) is 4.25. The molecule has 0 aliphatic rings. The van der Waals surface area contributed by atoms with Gasteiger partial charge in [-0.05, 0) is 19.1 Å². The summed E-state index contributed by atoms with van der Waals surface area (Å²) >= 11 is 4.77. The molecule has 62 valence electrons. The zero-order valence-electron chi connectivity index (χ0n) is 6.39. The molecule has 0 radical (unpaired) electrons. The van der Waals surface area contributed by atoms with E-state index in [9.17, 15) is 0 Å². The van der Waals surface area contributed by atoms with E-state index >= 15 is 0 Å². The predicted octanol–water partition coefficient (Wildman–Crippen LogP) is 1.05. The van der Waals surface area contributed by atoms with Crippen molar-refractivity contribution in [1.29, 1.82) is 0 Å². The predicted molar refractivity (Wildman–Crippen MR) is 44.0 cm³/mol. The number of hydrogen-bond acceptors (Lipinski definition) is 3. The number of nitrogens with one attached hydrogen (secondary N) is 2. The first-order chi connectivity index (χ1) is 5.33. The fourth-order valence-corrected chi connectivity index (χ4v) is 0.897. The highest BCUT2D eigenvalue weighted by Gasteiger charge is 1.94. The van der Waals surface area contributed by atoms with Gasteiger partial charge in [0.25, 0.3) is 0 Å². The first kappa shape index (κ1) is 8.42. The van der Waals surface area contributed by atoms with Gasteiger partial charge in [0.2, 0.25) is 4.77 Å². The number of hydrogen-bond donors (Lipinski definition) is 2. The van der Waals surface area contributed by atoms with Crippen LogP contribution in [-0.4, -0.2) is 28.4 Å². The van der Waals surface area contributed by atoms with Crippen molar-refractivity contribution in [1.82, 2.24) is 15.2 Å². The van der Waals surface area contributed by atoms with Crippen molar-refractivity contribution < 1.29 is 4.74 Å². The number of ether oxygens (including phenoxy) is 1. The summed E-state index contributed by atoms with van der Waals surface area (Å²) in [6.45, 7) is 3.39. The average Bonchev–Trinajstić information content (AvgIpc) is 2.37. The van der Waals surface area contributed by atoms with Crippen LogP contribution in [-0.2, 0) is 11.2 Å². The molecule has 0 aliphatic carbocycles. The van der Waals surface area contributed by atoms with Crippen molar-refractivity contribution in [2.24, 2.45) is 0 Å². The molecule has 0 amide bonds. The van der Waals surface area contributed by atoms with Crippen LogP contribution in [0.15, 0.2) is 0 Å². The highest BCUT2D eigenvalue weighted by Crippen LogP contribution is 1.89. The quantitative estimate of drug-likeness (QED) is 0.528. The fourth-order valence-electron chi connectivity index (χ4n) is 0.736. The van der Waals surface area contributed by atoms with Crippen LogP contribution in [0, 0.1) is 4.77 Å². The molecule has 1 aromatic rings. The molecule has 0 spiro atoms. The van der Waals surface area contributed by atoms with E-state index in [1.807, 2.05) is 6.92 Å². The van der Waals surface area contributed by atoms with Gasteiger partial charge in [-0.1, -0.05) is 0 Å². The Balaban J connectivity index is 2.33. The van der Waals surface area contributed by atoms with E-state index in [0.29, 0.717) is 11.4 Å². The van der Waals surface area contributed by atoms with Gasteiger partial charge in [-0.15, -0.1) is 0 Å². The van der Waals surface area contributed by atoms with Crippen molar-refractivity contribution >= 4 is 12.2 Å². The zero-order chi connectivity index (χ0) is 8.10. The van der Waals surface area contributed by atoms with E-state index in [1.165, 1.54) is 0 Å². The average molecular weight is 173 g/mol. The summed E-state index contributed by atoms with van der Waals surface area (Å²) in [5.74, 6) is 0.850. The normalized spacial score (nSPS) is 10.3. The summed E-state index contributed by atoms with van der Waals surface area (Å²) in [5.41, 5.74) is 0. The van der Waals surface area contributed by atoms with Crippen molar-refractivity contribution in [2.75, 3.05) is 13.2 Å². The lowest BCUT2D eigenvalue weighted by Crippen LogP contribution is -1.99. The van der Waals surface area contributed by atoms with Crippen molar-refractivity contribution in [2.45, 2.75) is 13.3 Å². The Hall–Kier alpha value is -0.680. The van der Waals surface area contributed by atoms with Gasteiger partial charge < -0.3 is 4.74 Å². The second-order valence-electron chi connectivity index (χ2n) is 2.06. The molecule has 0 aliphatic heterocycles. The molecular weight excluding hydrogens is 162 g/mol. The molecule has 0 atom stereocenters. The van der Waals surface area contributed by atoms with E-state index in [1.54, 1.807) is 0 Å². The van der Waals surface area contributed by atoms with Gasteiger partial charge in [-0.2, -0.15) is 0 Å². The Morgan fingerprint density at radius 2 is 2.36 bits per heavy atom. The summed E-state index contributed by atoms with van der Waals surface area (Å²) in [5, 5.41) is 5.56. The number of rotatable bonds is 4. The molecule has 0 aromatic carbocycles. The Bertz CT molecular complexity index is 254. The molecule has 2 N–H and O–H groups in total. The molecule has 4 nitrogen and oxygen atoms in total. The lowest BCUT2D eigenvalue weighted by molar-refractivity contribution is 0.149. The molecule has 0 bridgehead atoms. The summed E-state index contributed by atoms with van der Waals surface area (Å²) in [7, 11) is 0. The molecule has 0 fully saturated rings. The summed E-state index contributed by atoms with van der Waals surface area (Å²) in [6, 6.07) is 0. The summed E-state index contributed by atoms with van der Waals surface area (Å²) in [4.78, 5) is 4.01. The molecular formula is C6H11N3OS. The maximum Gasteiger partial charge on any atom is 0.213 e. The van der Waals surface area contributed by atoms with Crippen molar-refractivity contribution in [3.63, 3.8) is 0 Å². The Morgan fingerprint density at radius 1 is 1.55 bits per heavy atom. The smallest absolute Gasteiger partial charge is 0.213 e. The van der Waals surface area contributed by atoms with Crippen LogP contribution in [0.2, 0.25) is 0 Å². The van der Waals surface area contributed by atoms with E-state index in [2.05, 4.69) is 15.2 Å². The molecule has 1 aromatic heterocycles. The lowest BCUT2D eigenvalue weighted by atomic mass is 10.4. The third kappa shape index (κ3) is 2.81. The standard InChI is InChI=1S/C6H11N3OS/c1-2-10-4-3-5-7-6(11)9-8-5/h2-4H2,1H3,(H2,7,8,9,11). The van der Waals surface area contributed by atoms with E-state index in [-0.39, 0.29) is 0 Å². The van der Waals surface area contributed by atoms with Gasteiger partial charge >= 0.3 is 0 Å². The van der Waals surface area contributed by atoms with Crippen LogP contribution in [0.25, 0.3) is 0 Å². The molecule has 5 heteroatoms. The zero-order valence-corrected chi connectivity index (χ0v) is 7.20. The first-order valence-corrected chi connectivity index (χ1v) is 3.95.